The van der Waals surface area contributed by atoms with Gasteiger partial charge in [-0.25, -0.2) is 4.79 Å². The van der Waals surface area contributed by atoms with E-state index in [4.69, 9.17) is 4.74 Å². The molecule has 1 saturated heterocycles. The van der Waals surface area contributed by atoms with E-state index in [0.717, 1.165) is 36.3 Å². The molecule has 2 rings (SSSR count). The average molecular weight is 409 g/mol. The third-order valence-electron chi connectivity index (χ3n) is 5.35. The third-order valence-corrected chi connectivity index (χ3v) is 5.35. The summed E-state index contributed by atoms with van der Waals surface area (Å²) in [5, 5.41) is 0. The lowest BCUT2D eigenvalue weighted by Crippen LogP contribution is -3.00. The van der Waals surface area contributed by atoms with E-state index in [-0.39, 0.29) is 36.0 Å². The molecule has 0 spiro atoms. The van der Waals surface area contributed by atoms with Gasteiger partial charge in [0.25, 0.3) is 0 Å². The standard InChI is InChI=1S/C17H32NO2.HI/c1-17(2,3)14-7-9-15(10-8-14)20-16(19)13-18(4)11-5-6-12-18;/h14-15H,5-13H2,1-4H3;1H/q+1;/p-1. The summed E-state index contributed by atoms with van der Waals surface area (Å²) in [4.78, 5) is 12.1. The van der Waals surface area contributed by atoms with Gasteiger partial charge in [0.1, 0.15) is 6.10 Å². The number of likely N-dealkylation sites (tertiary alicyclic amines) is 1. The van der Waals surface area contributed by atoms with E-state index in [1.165, 1.54) is 25.7 Å². The molecule has 0 unspecified atom stereocenters. The second-order valence-corrected chi connectivity index (χ2v) is 8.26. The summed E-state index contributed by atoms with van der Waals surface area (Å²) < 4.78 is 6.61. The van der Waals surface area contributed by atoms with Gasteiger partial charge in [0, 0.05) is 12.8 Å². The van der Waals surface area contributed by atoms with Crippen LogP contribution in [0, 0.1) is 11.3 Å². The van der Waals surface area contributed by atoms with E-state index in [0.29, 0.717) is 12.0 Å². The van der Waals surface area contributed by atoms with Gasteiger partial charge in [-0.05, 0) is 37.0 Å². The van der Waals surface area contributed by atoms with Crippen molar-refractivity contribution in [2.24, 2.45) is 11.3 Å². The van der Waals surface area contributed by atoms with Crippen LogP contribution in [0.5, 0.6) is 0 Å². The number of quaternary nitrogens is 1. The fourth-order valence-electron chi connectivity index (χ4n) is 3.84. The van der Waals surface area contributed by atoms with Crippen molar-refractivity contribution in [2.45, 2.75) is 65.4 Å². The number of hydrogen-bond acceptors (Lipinski definition) is 2. The van der Waals surface area contributed by atoms with Crippen LogP contribution in [0.1, 0.15) is 59.3 Å². The van der Waals surface area contributed by atoms with Crippen molar-refractivity contribution in [3.05, 3.63) is 0 Å². The minimum absolute atomic E-state index is 0. The first-order valence-corrected chi connectivity index (χ1v) is 8.32. The van der Waals surface area contributed by atoms with Gasteiger partial charge in [-0.2, -0.15) is 0 Å². The van der Waals surface area contributed by atoms with Gasteiger partial charge in [-0.3, -0.25) is 0 Å². The van der Waals surface area contributed by atoms with Crippen molar-refractivity contribution in [1.82, 2.24) is 0 Å². The van der Waals surface area contributed by atoms with Crippen LogP contribution in [0.3, 0.4) is 0 Å². The molecule has 0 aromatic rings. The summed E-state index contributed by atoms with van der Waals surface area (Å²) in [6.45, 7) is 9.80. The summed E-state index contributed by atoms with van der Waals surface area (Å²) in [6, 6.07) is 0. The summed E-state index contributed by atoms with van der Waals surface area (Å²) >= 11 is 0. The van der Waals surface area contributed by atoms with E-state index in [2.05, 4.69) is 27.8 Å². The monoisotopic (exact) mass is 409 g/mol. The Morgan fingerprint density at radius 1 is 1.10 bits per heavy atom. The Hall–Kier alpha value is 0.160. The Morgan fingerprint density at radius 2 is 1.62 bits per heavy atom. The van der Waals surface area contributed by atoms with Gasteiger partial charge in [-0.1, -0.05) is 20.8 Å². The van der Waals surface area contributed by atoms with Crippen LogP contribution in [0.15, 0.2) is 0 Å². The lowest BCUT2D eigenvalue weighted by atomic mass is 9.72. The van der Waals surface area contributed by atoms with Gasteiger partial charge in [0.15, 0.2) is 6.54 Å². The highest BCUT2D eigenvalue weighted by Gasteiger charge is 2.34. The number of rotatable bonds is 3. The number of hydrogen-bond donors (Lipinski definition) is 0. The van der Waals surface area contributed by atoms with E-state index in [1.54, 1.807) is 0 Å². The normalized spacial score (nSPS) is 28.8. The predicted molar refractivity (Wildman–Crippen MR) is 81.3 cm³/mol. The molecule has 0 atom stereocenters. The highest BCUT2D eigenvalue weighted by molar-refractivity contribution is 5.70. The van der Waals surface area contributed by atoms with Crippen molar-refractivity contribution in [2.75, 3.05) is 26.7 Å². The number of nitrogens with zero attached hydrogens (tertiary/aromatic N) is 1. The smallest absolute Gasteiger partial charge is 0.362 e. The third kappa shape index (κ3) is 5.70. The van der Waals surface area contributed by atoms with Gasteiger partial charge in [0.05, 0.1) is 20.1 Å². The van der Waals surface area contributed by atoms with Crippen LogP contribution in [0.2, 0.25) is 0 Å². The van der Waals surface area contributed by atoms with Crippen molar-refractivity contribution in [3.63, 3.8) is 0 Å². The fourth-order valence-corrected chi connectivity index (χ4v) is 3.84. The fraction of sp³-hybridized carbons (Fsp3) is 0.941. The molecule has 0 bridgehead atoms. The van der Waals surface area contributed by atoms with Crippen molar-refractivity contribution in [3.8, 4) is 0 Å². The maximum Gasteiger partial charge on any atom is 0.362 e. The minimum Gasteiger partial charge on any atom is -1.00 e. The molecule has 0 N–H and O–H groups in total. The molecule has 0 aromatic carbocycles. The summed E-state index contributed by atoms with van der Waals surface area (Å²) in [5.41, 5.74) is 0.392. The molecule has 1 aliphatic carbocycles. The number of halogens is 1. The van der Waals surface area contributed by atoms with Crippen LogP contribution in [-0.4, -0.2) is 43.2 Å². The molecule has 0 amide bonds. The largest absolute Gasteiger partial charge is 1.00 e. The number of likely N-dealkylation sites (N-methyl/N-ethyl adjacent to an activating group) is 1. The quantitative estimate of drug-likeness (QED) is 0.383. The lowest BCUT2D eigenvalue weighted by Gasteiger charge is -2.37. The molecular weight excluding hydrogens is 377 g/mol. The lowest BCUT2D eigenvalue weighted by molar-refractivity contribution is -0.890. The molecule has 124 valence electrons. The van der Waals surface area contributed by atoms with E-state index in [9.17, 15) is 4.79 Å². The first-order chi connectivity index (χ1) is 9.28. The number of carbonyl (C=O) groups is 1. The predicted octanol–water partition coefficient (Wildman–Crippen LogP) is 0.379. The molecule has 1 heterocycles. The number of carbonyl (C=O) groups excluding carboxylic acids is 1. The summed E-state index contributed by atoms with van der Waals surface area (Å²) in [5.74, 6) is 0.800. The Balaban J connectivity index is 0.00000220. The molecule has 1 aliphatic heterocycles. The highest BCUT2D eigenvalue weighted by atomic mass is 127. The van der Waals surface area contributed by atoms with Crippen molar-refractivity contribution in [1.29, 1.82) is 0 Å². The zero-order chi connectivity index (χ0) is 14.8. The van der Waals surface area contributed by atoms with Crippen LogP contribution in [0.4, 0.5) is 0 Å². The number of esters is 1. The van der Waals surface area contributed by atoms with E-state index >= 15 is 0 Å². The molecule has 3 nitrogen and oxygen atoms in total. The average Bonchev–Trinajstić information content (AvgIpc) is 2.74. The van der Waals surface area contributed by atoms with E-state index in [1.807, 2.05) is 0 Å². The van der Waals surface area contributed by atoms with Crippen LogP contribution in [0.25, 0.3) is 0 Å². The molecule has 2 fully saturated rings. The van der Waals surface area contributed by atoms with Gasteiger partial charge in [0.2, 0.25) is 0 Å². The first kappa shape index (κ1) is 19.2. The Kier molecular flexibility index (Phi) is 6.97. The molecule has 4 heteroatoms. The van der Waals surface area contributed by atoms with Gasteiger partial charge < -0.3 is 33.2 Å². The zero-order valence-corrected chi connectivity index (χ0v) is 16.3. The molecule has 21 heavy (non-hydrogen) atoms. The summed E-state index contributed by atoms with van der Waals surface area (Å²) in [6.07, 6.45) is 7.19. The Morgan fingerprint density at radius 3 is 2.10 bits per heavy atom. The first-order valence-electron chi connectivity index (χ1n) is 8.32. The maximum atomic E-state index is 12.1. The second kappa shape index (κ2) is 7.62. The Bertz CT molecular complexity index is 337. The zero-order valence-electron chi connectivity index (χ0n) is 14.2. The maximum absolute atomic E-state index is 12.1. The molecule has 1 saturated carbocycles. The van der Waals surface area contributed by atoms with Gasteiger partial charge >= 0.3 is 5.97 Å². The van der Waals surface area contributed by atoms with Crippen LogP contribution < -0.4 is 24.0 Å². The van der Waals surface area contributed by atoms with Crippen LogP contribution in [-0.2, 0) is 9.53 Å². The molecule has 2 aliphatic rings. The molecular formula is C17H32INO2. The van der Waals surface area contributed by atoms with Crippen LogP contribution >= 0.6 is 0 Å². The van der Waals surface area contributed by atoms with E-state index < -0.39 is 0 Å². The highest BCUT2D eigenvalue weighted by Crippen LogP contribution is 2.38. The molecule has 0 radical (unpaired) electrons. The molecule has 0 aromatic heterocycles. The topological polar surface area (TPSA) is 26.3 Å². The minimum atomic E-state index is 0. The van der Waals surface area contributed by atoms with Gasteiger partial charge in [-0.15, -0.1) is 0 Å². The van der Waals surface area contributed by atoms with Crippen molar-refractivity contribution < 1.29 is 38.0 Å². The second-order valence-electron chi connectivity index (χ2n) is 8.26. The van der Waals surface area contributed by atoms with Crippen molar-refractivity contribution >= 4 is 5.97 Å². The Labute approximate surface area is 147 Å². The summed E-state index contributed by atoms with van der Waals surface area (Å²) in [7, 11) is 2.19. The SMILES string of the molecule is CC(C)(C)C1CCC(OC(=O)C[N+]2(C)CCCC2)CC1.[I-]. The number of ether oxygens (including phenoxy) is 1.